The molecule has 90 valence electrons. The maximum atomic E-state index is 5.86. The molecule has 0 unspecified atom stereocenters. The van der Waals surface area contributed by atoms with Crippen molar-refractivity contribution in [3.63, 3.8) is 0 Å². The molecule has 1 fully saturated rings. The number of nitrogens with zero attached hydrogens (tertiary/aromatic N) is 1. The molecule has 3 N–H and O–H groups in total. The van der Waals surface area contributed by atoms with Crippen LogP contribution in [0.3, 0.4) is 0 Å². The third-order valence-corrected chi connectivity index (χ3v) is 3.15. The maximum absolute atomic E-state index is 5.86. The third kappa shape index (κ3) is 3.63. The highest BCUT2D eigenvalue weighted by Gasteiger charge is 2.14. The van der Waals surface area contributed by atoms with E-state index in [0.29, 0.717) is 6.04 Å². The van der Waals surface area contributed by atoms with Gasteiger partial charge in [-0.05, 0) is 32.0 Å². The molecule has 0 amide bonds. The van der Waals surface area contributed by atoms with Crippen LogP contribution >= 0.6 is 0 Å². The van der Waals surface area contributed by atoms with E-state index in [9.17, 15) is 0 Å². The van der Waals surface area contributed by atoms with Gasteiger partial charge in [0.1, 0.15) is 0 Å². The van der Waals surface area contributed by atoms with Crippen molar-refractivity contribution in [3.05, 3.63) is 24.2 Å². The summed E-state index contributed by atoms with van der Waals surface area (Å²) in [6, 6.07) is 2.42. The Hall–Kier alpha value is -0.840. The molecule has 4 nitrogen and oxygen atoms in total. The summed E-state index contributed by atoms with van der Waals surface area (Å²) in [5.41, 5.74) is 7.07. The zero-order valence-electron chi connectivity index (χ0n) is 9.69. The quantitative estimate of drug-likeness (QED) is 0.725. The van der Waals surface area contributed by atoms with Crippen molar-refractivity contribution in [1.82, 2.24) is 10.2 Å². The number of likely N-dealkylation sites (tertiary alicyclic amines) is 1. The van der Waals surface area contributed by atoms with Crippen molar-refractivity contribution in [2.45, 2.75) is 25.4 Å². The Morgan fingerprint density at radius 3 is 2.94 bits per heavy atom. The fourth-order valence-corrected chi connectivity index (χ4v) is 2.04. The molecule has 0 radical (unpaired) electrons. The van der Waals surface area contributed by atoms with Crippen LogP contribution in [0.5, 0.6) is 0 Å². The predicted molar refractivity (Wildman–Crippen MR) is 64.1 cm³/mol. The summed E-state index contributed by atoms with van der Waals surface area (Å²) in [6.45, 7) is 5.33. The number of nitrogens with two attached hydrogens (primary N) is 1. The molecule has 16 heavy (non-hydrogen) atoms. The van der Waals surface area contributed by atoms with E-state index in [2.05, 4.69) is 10.2 Å². The average Bonchev–Trinajstić information content (AvgIpc) is 2.80. The van der Waals surface area contributed by atoms with E-state index in [0.717, 1.165) is 45.6 Å². The zero-order valence-corrected chi connectivity index (χ0v) is 9.69. The average molecular weight is 223 g/mol. The van der Waals surface area contributed by atoms with E-state index in [1.54, 1.807) is 12.5 Å². The first-order valence-corrected chi connectivity index (χ1v) is 6.04. The zero-order chi connectivity index (χ0) is 11.2. The lowest BCUT2D eigenvalue weighted by Crippen LogP contribution is -2.42. The fraction of sp³-hybridized carbons (Fsp3) is 0.667. The highest BCUT2D eigenvalue weighted by Crippen LogP contribution is 2.07. The molecule has 1 aromatic heterocycles. The van der Waals surface area contributed by atoms with Crippen LogP contribution < -0.4 is 11.1 Å². The van der Waals surface area contributed by atoms with E-state index in [4.69, 9.17) is 10.2 Å². The smallest absolute Gasteiger partial charge is 0.0947 e. The molecule has 1 aliphatic rings. The first-order valence-electron chi connectivity index (χ1n) is 6.04. The lowest BCUT2D eigenvalue weighted by molar-refractivity contribution is 0.213. The Bertz CT molecular complexity index is 278. The summed E-state index contributed by atoms with van der Waals surface area (Å²) >= 11 is 0. The summed E-state index contributed by atoms with van der Waals surface area (Å²) in [4.78, 5) is 2.48. The van der Waals surface area contributed by atoms with Gasteiger partial charge in [0.2, 0.25) is 0 Å². The Morgan fingerprint density at radius 2 is 2.25 bits per heavy atom. The van der Waals surface area contributed by atoms with E-state index in [1.807, 2.05) is 6.07 Å². The van der Waals surface area contributed by atoms with Crippen molar-refractivity contribution >= 4 is 0 Å². The molecule has 0 spiro atoms. The lowest BCUT2D eigenvalue weighted by atomic mass is 10.1. The Balaban J connectivity index is 1.55. The second-order valence-electron chi connectivity index (χ2n) is 4.49. The molecule has 2 heterocycles. The summed E-state index contributed by atoms with van der Waals surface area (Å²) < 4.78 is 5.01. The first-order chi connectivity index (χ1) is 7.84. The normalized spacial score (nSPS) is 19.1. The molecule has 0 aliphatic carbocycles. The number of piperidine rings is 1. The molecule has 1 saturated heterocycles. The topological polar surface area (TPSA) is 54.4 Å². The SMILES string of the molecule is NC1CCN(CCNCc2ccoc2)CC1. The lowest BCUT2D eigenvalue weighted by Gasteiger charge is -2.29. The molecular formula is C12H21N3O. The minimum Gasteiger partial charge on any atom is -0.472 e. The van der Waals surface area contributed by atoms with Gasteiger partial charge in [-0.1, -0.05) is 0 Å². The van der Waals surface area contributed by atoms with Crippen LogP contribution in [-0.4, -0.2) is 37.1 Å². The van der Waals surface area contributed by atoms with Gasteiger partial charge in [0.25, 0.3) is 0 Å². The highest BCUT2D eigenvalue weighted by molar-refractivity contribution is 5.04. The molecule has 2 rings (SSSR count). The van der Waals surface area contributed by atoms with Gasteiger partial charge >= 0.3 is 0 Å². The summed E-state index contributed by atoms with van der Waals surface area (Å²) in [7, 11) is 0. The Kier molecular flexibility index (Phi) is 4.39. The number of nitrogens with one attached hydrogen (secondary N) is 1. The molecule has 0 saturated carbocycles. The minimum absolute atomic E-state index is 0.426. The second kappa shape index (κ2) is 6.03. The first kappa shape index (κ1) is 11.6. The van der Waals surface area contributed by atoms with Crippen LogP contribution in [0, 0.1) is 0 Å². The molecule has 4 heteroatoms. The predicted octanol–water partition coefficient (Wildman–Crippen LogP) is 0.792. The second-order valence-corrected chi connectivity index (χ2v) is 4.49. The monoisotopic (exact) mass is 223 g/mol. The number of furan rings is 1. The minimum atomic E-state index is 0.426. The van der Waals surface area contributed by atoms with Crippen LogP contribution in [0.15, 0.2) is 23.0 Å². The standard InChI is InChI=1S/C12H21N3O/c13-12-1-5-15(6-2-12)7-4-14-9-11-3-8-16-10-11/h3,8,10,12,14H,1-2,4-7,9,13H2. The van der Waals surface area contributed by atoms with E-state index < -0.39 is 0 Å². The molecule has 1 aromatic rings. The number of rotatable bonds is 5. The van der Waals surface area contributed by atoms with Gasteiger partial charge < -0.3 is 20.4 Å². The van der Waals surface area contributed by atoms with Crippen molar-refractivity contribution in [2.75, 3.05) is 26.2 Å². The molecule has 0 atom stereocenters. The summed E-state index contributed by atoms with van der Waals surface area (Å²) in [5, 5.41) is 3.41. The highest BCUT2D eigenvalue weighted by atomic mass is 16.3. The van der Waals surface area contributed by atoms with Gasteiger partial charge in [-0.15, -0.1) is 0 Å². The van der Waals surface area contributed by atoms with Gasteiger partial charge in [-0.2, -0.15) is 0 Å². The van der Waals surface area contributed by atoms with Crippen molar-refractivity contribution in [1.29, 1.82) is 0 Å². The van der Waals surface area contributed by atoms with Gasteiger partial charge in [0, 0.05) is 31.2 Å². The Labute approximate surface area is 96.8 Å². The van der Waals surface area contributed by atoms with Crippen molar-refractivity contribution < 1.29 is 4.42 Å². The third-order valence-electron chi connectivity index (χ3n) is 3.15. The van der Waals surface area contributed by atoms with E-state index in [1.165, 1.54) is 5.56 Å². The summed E-state index contributed by atoms with van der Waals surface area (Å²) in [6.07, 6.45) is 5.78. The Morgan fingerprint density at radius 1 is 1.44 bits per heavy atom. The number of hydrogen-bond donors (Lipinski definition) is 2. The molecular weight excluding hydrogens is 202 g/mol. The van der Waals surface area contributed by atoms with Crippen LogP contribution in [0.2, 0.25) is 0 Å². The largest absolute Gasteiger partial charge is 0.472 e. The summed E-state index contributed by atoms with van der Waals surface area (Å²) in [5.74, 6) is 0. The van der Waals surface area contributed by atoms with Gasteiger partial charge in [0.15, 0.2) is 0 Å². The van der Waals surface area contributed by atoms with Crippen molar-refractivity contribution in [3.8, 4) is 0 Å². The number of hydrogen-bond acceptors (Lipinski definition) is 4. The van der Waals surface area contributed by atoms with Crippen molar-refractivity contribution in [2.24, 2.45) is 5.73 Å². The fourth-order valence-electron chi connectivity index (χ4n) is 2.04. The van der Waals surface area contributed by atoms with E-state index in [-0.39, 0.29) is 0 Å². The maximum Gasteiger partial charge on any atom is 0.0947 e. The van der Waals surface area contributed by atoms with Crippen LogP contribution in [-0.2, 0) is 6.54 Å². The van der Waals surface area contributed by atoms with Gasteiger partial charge in [-0.3, -0.25) is 0 Å². The molecule has 1 aliphatic heterocycles. The molecule has 0 aromatic carbocycles. The molecule has 0 bridgehead atoms. The van der Waals surface area contributed by atoms with Crippen LogP contribution in [0.4, 0.5) is 0 Å². The van der Waals surface area contributed by atoms with Gasteiger partial charge in [-0.25, -0.2) is 0 Å². The van der Waals surface area contributed by atoms with E-state index >= 15 is 0 Å². The van der Waals surface area contributed by atoms with Crippen LogP contribution in [0.1, 0.15) is 18.4 Å². The van der Waals surface area contributed by atoms with Crippen LogP contribution in [0.25, 0.3) is 0 Å². The van der Waals surface area contributed by atoms with Gasteiger partial charge in [0.05, 0.1) is 12.5 Å².